The van der Waals surface area contributed by atoms with Gasteiger partial charge >= 0.3 is 0 Å². The fourth-order valence-corrected chi connectivity index (χ4v) is 2.66. The molecule has 2 rings (SSSR count). The van der Waals surface area contributed by atoms with Crippen molar-refractivity contribution in [3.8, 4) is 11.8 Å². The molecule has 3 nitrogen and oxygen atoms in total. The van der Waals surface area contributed by atoms with E-state index in [9.17, 15) is 5.26 Å². The average Bonchev–Trinajstić information content (AvgIpc) is 2.41. The van der Waals surface area contributed by atoms with E-state index in [4.69, 9.17) is 4.74 Å². The summed E-state index contributed by atoms with van der Waals surface area (Å²) in [7, 11) is 1.64. The summed E-state index contributed by atoms with van der Waals surface area (Å²) in [4.78, 5) is 0. The third kappa shape index (κ3) is 2.59. The van der Waals surface area contributed by atoms with Crippen molar-refractivity contribution in [2.24, 2.45) is 5.92 Å². The summed E-state index contributed by atoms with van der Waals surface area (Å²) < 4.78 is 5.35. The van der Waals surface area contributed by atoms with Gasteiger partial charge in [0.25, 0.3) is 0 Å². The molecule has 1 aromatic rings. The summed E-state index contributed by atoms with van der Waals surface area (Å²) in [5, 5.41) is 12.7. The summed E-state index contributed by atoms with van der Waals surface area (Å²) in [5.74, 6) is 1.40. The molecule has 1 aliphatic carbocycles. The minimum Gasteiger partial charge on any atom is -0.495 e. The van der Waals surface area contributed by atoms with Gasteiger partial charge in [-0.3, -0.25) is 0 Å². The molecule has 2 unspecified atom stereocenters. The van der Waals surface area contributed by atoms with Crippen LogP contribution in [0.5, 0.6) is 5.75 Å². The molecule has 0 saturated heterocycles. The lowest BCUT2D eigenvalue weighted by molar-refractivity contribution is 0.347. The lowest BCUT2D eigenvalue weighted by atomic mass is 9.85. The van der Waals surface area contributed by atoms with Crippen molar-refractivity contribution < 1.29 is 4.74 Å². The van der Waals surface area contributed by atoms with Crippen LogP contribution in [0.1, 0.15) is 38.2 Å². The fraction of sp³-hybridized carbons (Fsp3) is 0.533. The third-order valence-corrected chi connectivity index (χ3v) is 3.81. The second-order valence-electron chi connectivity index (χ2n) is 5.01. The second kappa shape index (κ2) is 5.77. The van der Waals surface area contributed by atoms with Gasteiger partial charge in [0, 0.05) is 6.04 Å². The average molecular weight is 244 g/mol. The molecule has 1 aliphatic rings. The van der Waals surface area contributed by atoms with E-state index >= 15 is 0 Å². The maximum Gasteiger partial charge on any atom is 0.143 e. The van der Waals surface area contributed by atoms with Crippen LogP contribution in [0, 0.1) is 17.2 Å². The van der Waals surface area contributed by atoms with Crippen LogP contribution in [-0.2, 0) is 0 Å². The molecule has 3 heteroatoms. The minimum absolute atomic E-state index is 0.446. The Balaban J connectivity index is 2.24. The van der Waals surface area contributed by atoms with Crippen molar-refractivity contribution in [1.29, 1.82) is 5.26 Å². The molecule has 0 aromatic heterocycles. The van der Waals surface area contributed by atoms with Gasteiger partial charge in [-0.1, -0.05) is 25.8 Å². The first-order valence-electron chi connectivity index (χ1n) is 6.60. The molecule has 2 atom stereocenters. The van der Waals surface area contributed by atoms with Crippen LogP contribution in [0.15, 0.2) is 18.2 Å². The molecule has 0 spiro atoms. The Morgan fingerprint density at radius 3 is 2.78 bits per heavy atom. The Morgan fingerprint density at radius 2 is 2.11 bits per heavy atom. The molecular formula is C15H20N2O. The Morgan fingerprint density at radius 1 is 1.33 bits per heavy atom. The quantitative estimate of drug-likeness (QED) is 0.884. The monoisotopic (exact) mass is 244 g/mol. The highest BCUT2D eigenvalue weighted by molar-refractivity contribution is 5.66. The number of rotatable bonds is 3. The molecule has 1 aromatic carbocycles. The van der Waals surface area contributed by atoms with Crippen LogP contribution < -0.4 is 10.1 Å². The fourth-order valence-electron chi connectivity index (χ4n) is 2.66. The van der Waals surface area contributed by atoms with Gasteiger partial charge in [0.1, 0.15) is 11.8 Å². The summed E-state index contributed by atoms with van der Waals surface area (Å²) >= 11 is 0. The third-order valence-electron chi connectivity index (χ3n) is 3.81. The normalized spacial score (nSPS) is 23.2. The lowest BCUT2D eigenvalue weighted by Crippen LogP contribution is -2.30. The topological polar surface area (TPSA) is 45.0 Å². The van der Waals surface area contributed by atoms with Crippen LogP contribution in [0.4, 0.5) is 5.69 Å². The number of nitrogens with zero attached hydrogens (tertiary/aromatic N) is 1. The van der Waals surface area contributed by atoms with Crippen molar-refractivity contribution in [2.75, 3.05) is 12.4 Å². The summed E-state index contributed by atoms with van der Waals surface area (Å²) in [6.07, 6.45) is 5.01. The smallest absolute Gasteiger partial charge is 0.143 e. The molecule has 96 valence electrons. The van der Waals surface area contributed by atoms with E-state index in [2.05, 4.69) is 18.3 Å². The largest absolute Gasteiger partial charge is 0.495 e. The minimum atomic E-state index is 0.446. The van der Waals surface area contributed by atoms with Crippen LogP contribution in [-0.4, -0.2) is 13.2 Å². The van der Waals surface area contributed by atoms with Gasteiger partial charge in [0.15, 0.2) is 0 Å². The van der Waals surface area contributed by atoms with Gasteiger partial charge in [-0.05, 0) is 30.9 Å². The Kier molecular flexibility index (Phi) is 4.09. The van der Waals surface area contributed by atoms with E-state index in [1.807, 2.05) is 18.2 Å². The number of ether oxygens (including phenoxy) is 1. The van der Waals surface area contributed by atoms with Gasteiger partial charge in [0.2, 0.25) is 0 Å². The number of methoxy groups -OCH3 is 1. The second-order valence-corrected chi connectivity index (χ2v) is 5.01. The van der Waals surface area contributed by atoms with Crippen LogP contribution in [0.3, 0.4) is 0 Å². The number of nitriles is 1. The molecule has 18 heavy (non-hydrogen) atoms. The molecule has 0 aliphatic heterocycles. The van der Waals surface area contributed by atoms with E-state index in [0.29, 0.717) is 17.5 Å². The molecular weight excluding hydrogens is 224 g/mol. The SMILES string of the molecule is COc1cccc(C#N)c1NC1CCCCC1C. The molecule has 0 radical (unpaired) electrons. The highest BCUT2D eigenvalue weighted by Crippen LogP contribution is 2.33. The number of para-hydroxylation sites is 1. The Labute approximate surface area is 109 Å². The van der Waals surface area contributed by atoms with E-state index in [-0.39, 0.29) is 0 Å². The van der Waals surface area contributed by atoms with Crippen LogP contribution in [0.25, 0.3) is 0 Å². The predicted molar refractivity (Wildman–Crippen MR) is 72.8 cm³/mol. The van der Waals surface area contributed by atoms with Crippen molar-refractivity contribution in [3.05, 3.63) is 23.8 Å². The first kappa shape index (κ1) is 12.8. The van der Waals surface area contributed by atoms with Crippen molar-refractivity contribution in [2.45, 2.75) is 38.6 Å². The number of benzene rings is 1. The molecule has 0 heterocycles. The van der Waals surface area contributed by atoms with Gasteiger partial charge in [0.05, 0.1) is 18.4 Å². The molecule has 1 N–H and O–H groups in total. The van der Waals surface area contributed by atoms with Gasteiger partial charge < -0.3 is 10.1 Å². The zero-order valence-corrected chi connectivity index (χ0v) is 11.1. The highest BCUT2D eigenvalue weighted by atomic mass is 16.5. The van der Waals surface area contributed by atoms with E-state index in [0.717, 1.165) is 11.4 Å². The van der Waals surface area contributed by atoms with E-state index < -0.39 is 0 Å². The predicted octanol–water partition coefficient (Wildman–Crippen LogP) is 3.56. The standard InChI is InChI=1S/C15H20N2O/c1-11-6-3-4-8-13(11)17-15-12(10-16)7-5-9-14(15)18-2/h5,7,9,11,13,17H,3-4,6,8H2,1-2H3. The van der Waals surface area contributed by atoms with Gasteiger partial charge in [-0.15, -0.1) is 0 Å². The number of hydrogen-bond acceptors (Lipinski definition) is 3. The molecule has 0 amide bonds. The molecule has 1 fully saturated rings. The maximum absolute atomic E-state index is 9.19. The van der Waals surface area contributed by atoms with E-state index in [1.54, 1.807) is 7.11 Å². The first-order valence-corrected chi connectivity index (χ1v) is 6.60. The number of nitrogens with one attached hydrogen (secondary N) is 1. The van der Waals surface area contributed by atoms with Crippen molar-refractivity contribution in [1.82, 2.24) is 0 Å². The molecule has 1 saturated carbocycles. The zero-order chi connectivity index (χ0) is 13.0. The number of hydrogen-bond donors (Lipinski definition) is 1. The first-order chi connectivity index (χ1) is 8.76. The van der Waals surface area contributed by atoms with Gasteiger partial charge in [-0.2, -0.15) is 5.26 Å². The number of anilines is 1. The maximum atomic E-state index is 9.19. The summed E-state index contributed by atoms with van der Waals surface area (Å²) in [5.41, 5.74) is 1.51. The highest BCUT2D eigenvalue weighted by Gasteiger charge is 2.23. The zero-order valence-electron chi connectivity index (χ0n) is 11.1. The summed E-state index contributed by atoms with van der Waals surface area (Å²) in [6, 6.07) is 8.26. The Hall–Kier alpha value is -1.69. The van der Waals surface area contributed by atoms with Gasteiger partial charge in [-0.25, -0.2) is 0 Å². The summed E-state index contributed by atoms with van der Waals surface area (Å²) in [6.45, 7) is 2.28. The molecule has 0 bridgehead atoms. The Bertz CT molecular complexity index is 450. The lowest BCUT2D eigenvalue weighted by Gasteiger charge is -2.31. The van der Waals surface area contributed by atoms with E-state index in [1.165, 1.54) is 25.7 Å². The van der Waals surface area contributed by atoms with Crippen LogP contribution in [0.2, 0.25) is 0 Å². The van der Waals surface area contributed by atoms with Crippen LogP contribution >= 0.6 is 0 Å². The van der Waals surface area contributed by atoms with Crippen molar-refractivity contribution in [3.63, 3.8) is 0 Å². The van der Waals surface area contributed by atoms with Crippen molar-refractivity contribution >= 4 is 5.69 Å².